The number of fused-ring (bicyclic) bond motifs is 1. The Hall–Kier alpha value is -3.19. The van der Waals surface area contributed by atoms with Crippen molar-refractivity contribution in [3.63, 3.8) is 0 Å². The van der Waals surface area contributed by atoms with Gasteiger partial charge in [-0.2, -0.15) is 15.3 Å². The van der Waals surface area contributed by atoms with Crippen molar-refractivity contribution in [1.29, 1.82) is 0 Å². The molecule has 0 fully saturated rings. The molecule has 122 valence electrons. The molecule has 6 nitrogen and oxygen atoms in total. The van der Waals surface area contributed by atoms with Crippen LogP contribution in [0.4, 0.5) is 5.69 Å². The summed E-state index contributed by atoms with van der Waals surface area (Å²) in [6.07, 6.45) is 5.17. The van der Waals surface area contributed by atoms with Gasteiger partial charge in [0, 0.05) is 23.3 Å². The van der Waals surface area contributed by atoms with Crippen molar-refractivity contribution >= 4 is 29.0 Å². The molecule has 0 aliphatic heterocycles. The number of nitrogens with zero attached hydrogens (tertiary/aromatic N) is 4. The van der Waals surface area contributed by atoms with E-state index in [1.165, 1.54) is 0 Å². The van der Waals surface area contributed by atoms with E-state index >= 15 is 0 Å². The number of nitrogens with two attached hydrogens (primary N) is 1. The van der Waals surface area contributed by atoms with Crippen molar-refractivity contribution in [1.82, 2.24) is 20.0 Å². The van der Waals surface area contributed by atoms with Crippen LogP contribution in [0.15, 0.2) is 61.1 Å². The number of aromatic nitrogens is 4. The Morgan fingerprint density at radius 3 is 2.80 bits per heavy atom. The lowest BCUT2D eigenvalue weighted by molar-refractivity contribution is 0.594. The van der Waals surface area contributed by atoms with Crippen LogP contribution in [0.25, 0.3) is 27.7 Å². The van der Waals surface area contributed by atoms with Crippen molar-refractivity contribution in [3.8, 4) is 16.8 Å². The third-order valence-corrected chi connectivity index (χ3v) is 4.24. The van der Waals surface area contributed by atoms with Gasteiger partial charge in [0.2, 0.25) is 0 Å². The molecule has 2 aromatic heterocycles. The highest BCUT2D eigenvalue weighted by Gasteiger charge is 2.14. The smallest absolute Gasteiger partial charge is 0.320 e. The molecule has 0 unspecified atom stereocenters. The Bertz CT molecular complexity index is 1050. The van der Waals surface area contributed by atoms with Crippen LogP contribution >= 0.6 is 0 Å². The first-order chi connectivity index (χ1) is 12.1. The van der Waals surface area contributed by atoms with Gasteiger partial charge in [0.05, 0.1) is 23.1 Å². The van der Waals surface area contributed by atoms with E-state index in [2.05, 4.69) is 15.3 Å². The fourth-order valence-corrected chi connectivity index (χ4v) is 2.90. The van der Waals surface area contributed by atoms with Gasteiger partial charge in [-0.05, 0) is 35.3 Å². The zero-order valence-electron chi connectivity index (χ0n) is 13.7. The number of rotatable bonds is 3. The van der Waals surface area contributed by atoms with E-state index in [-0.39, 0.29) is 0 Å². The summed E-state index contributed by atoms with van der Waals surface area (Å²) in [4.78, 5) is 0. The van der Waals surface area contributed by atoms with E-state index in [1.54, 1.807) is 23.9 Å². The Morgan fingerprint density at radius 2 is 2.04 bits per heavy atom. The van der Waals surface area contributed by atoms with E-state index in [9.17, 15) is 5.02 Å². The lowest BCUT2D eigenvalue weighted by Crippen LogP contribution is -2.26. The minimum atomic E-state index is -0.554. The Balaban J connectivity index is 1.95. The summed E-state index contributed by atoms with van der Waals surface area (Å²) in [5, 5.41) is 23.3. The molecule has 0 aliphatic rings. The van der Waals surface area contributed by atoms with Gasteiger partial charge in [-0.1, -0.05) is 25.0 Å². The number of nitrogen functional groups attached to an aromatic ring is 1. The number of anilines is 1. The van der Waals surface area contributed by atoms with E-state index in [0.29, 0.717) is 5.69 Å². The zero-order valence-corrected chi connectivity index (χ0v) is 13.7. The predicted molar refractivity (Wildman–Crippen MR) is 100.0 cm³/mol. The summed E-state index contributed by atoms with van der Waals surface area (Å²) < 4.78 is 1.80. The van der Waals surface area contributed by atoms with Crippen LogP contribution < -0.4 is 11.2 Å². The molecule has 0 spiro atoms. The molecule has 0 aliphatic carbocycles. The van der Waals surface area contributed by atoms with Gasteiger partial charge in [0.25, 0.3) is 0 Å². The second-order valence-corrected chi connectivity index (χ2v) is 5.94. The first-order valence-electron chi connectivity index (χ1n) is 7.97. The lowest BCUT2D eigenvalue weighted by atomic mass is 9.64. The topological polar surface area (TPSA) is 89.8 Å². The quantitative estimate of drug-likeness (QED) is 0.560. The fourth-order valence-electron chi connectivity index (χ4n) is 2.90. The molecule has 4 aromatic rings. The highest BCUT2D eigenvalue weighted by molar-refractivity contribution is 6.64. The summed E-state index contributed by atoms with van der Waals surface area (Å²) in [7, 11) is 0. The molecule has 25 heavy (non-hydrogen) atoms. The Labute approximate surface area is 145 Å². The second-order valence-electron chi connectivity index (χ2n) is 5.94. The molecule has 2 heterocycles. The minimum Gasteiger partial charge on any atom is -0.447 e. The van der Waals surface area contributed by atoms with Crippen LogP contribution in [0.3, 0.4) is 0 Å². The fraction of sp³-hybridized carbons (Fsp3) is 0.0556. The monoisotopic (exact) mass is 329 g/mol. The van der Waals surface area contributed by atoms with Gasteiger partial charge in [-0.15, -0.1) is 0 Å². The van der Waals surface area contributed by atoms with Crippen LogP contribution in [0, 0.1) is 0 Å². The number of benzene rings is 2. The van der Waals surface area contributed by atoms with Gasteiger partial charge < -0.3 is 10.8 Å². The highest BCUT2D eigenvalue weighted by Crippen LogP contribution is 2.29. The SMILES string of the molecule is CB(O)c1ccc(-n2cccn2)c(-c2ccc3c(N)cnnc3c2)c1. The standard InChI is InChI=1S/C18H16BN5O/c1-19(25)13-4-6-18(24-8-2-7-22-24)15(10-13)12-3-5-14-16(20)11-21-23-17(14)9-12/h2-11,25H,1H3,(H2,20,23). The summed E-state index contributed by atoms with van der Waals surface area (Å²) >= 11 is 0. The Morgan fingerprint density at radius 1 is 1.16 bits per heavy atom. The number of hydrogen-bond acceptors (Lipinski definition) is 5. The highest BCUT2D eigenvalue weighted by atomic mass is 16.2. The van der Waals surface area contributed by atoms with E-state index in [0.717, 1.165) is 33.2 Å². The molecular weight excluding hydrogens is 313 g/mol. The van der Waals surface area contributed by atoms with Crippen LogP contribution in [-0.2, 0) is 0 Å². The zero-order chi connectivity index (χ0) is 17.4. The average molecular weight is 329 g/mol. The minimum absolute atomic E-state index is 0.554. The largest absolute Gasteiger partial charge is 0.447 e. The van der Waals surface area contributed by atoms with Crippen LogP contribution in [0.2, 0.25) is 6.82 Å². The molecule has 4 rings (SSSR count). The number of hydrogen-bond donors (Lipinski definition) is 2. The van der Waals surface area contributed by atoms with Crippen molar-refractivity contribution in [2.75, 3.05) is 5.73 Å². The molecule has 0 saturated heterocycles. The molecule has 0 atom stereocenters. The van der Waals surface area contributed by atoms with Gasteiger partial charge in [0.15, 0.2) is 0 Å². The van der Waals surface area contributed by atoms with Gasteiger partial charge in [-0.25, -0.2) is 4.68 Å². The average Bonchev–Trinajstić information content (AvgIpc) is 3.15. The molecule has 0 amide bonds. The second kappa shape index (κ2) is 6.03. The summed E-state index contributed by atoms with van der Waals surface area (Å²) in [6.45, 7) is 1.19. The molecular formula is C18H16BN5O. The van der Waals surface area contributed by atoms with Gasteiger partial charge in [0.1, 0.15) is 0 Å². The van der Waals surface area contributed by atoms with Gasteiger partial charge in [-0.3, -0.25) is 0 Å². The van der Waals surface area contributed by atoms with Crippen LogP contribution in [0.5, 0.6) is 0 Å². The molecule has 0 saturated carbocycles. The normalized spacial score (nSPS) is 11.0. The van der Waals surface area contributed by atoms with E-state index in [1.807, 2.05) is 48.7 Å². The van der Waals surface area contributed by atoms with Crippen molar-refractivity contribution in [3.05, 3.63) is 61.1 Å². The van der Waals surface area contributed by atoms with Gasteiger partial charge >= 0.3 is 6.92 Å². The van der Waals surface area contributed by atoms with Crippen molar-refractivity contribution in [2.24, 2.45) is 0 Å². The summed E-state index contributed by atoms with van der Waals surface area (Å²) in [5.41, 5.74) is 11.0. The third kappa shape index (κ3) is 2.74. The van der Waals surface area contributed by atoms with Crippen LogP contribution in [-0.4, -0.2) is 31.9 Å². The first kappa shape index (κ1) is 15.3. The molecule has 2 aromatic carbocycles. The summed E-state index contributed by atoms with van der Waals surface area (Å²) in [6, 6.07) is 13.6. The molecule has 0 bridgehead atoms. The first-order valence-corrected chi connectivity index (χ1v) is 7.97. The predicted octanol–water partition coefficient (Wildman–Crippen LogP) is 1.89. The molecule has 3 N–H and O–H groups in total. The molecule has 7 heteroatoms. The molecule has 0 radical (unpaired) electrons. The summed E-state index contributed by atoms with van der Waals surface area (Å²) in [5.74, 6) is 0. The lowest BCUT2D eigenvalue weighted by Gasteiger charge is -2.13. The maximum atomic E-state index is 9.96. The van der Waals surface area contributed by atoms with E-state index in [4.69, 9.17) is 5.73 Å². The maximum absolute atomic E-state index is 9.96. The third-order valence-electron chi connectivity index (χ3n) is 4.24. The van der Waals surface area contributed by atoms with E-state index < -0.39 is 6.92 Å². The Kier molecular flexibility index (Phi) is 3.70. The van der Waals surface area contributed by atoms with Crippen molar-refractivity contribution in [2.45, 2.75) is 6.82 Å². The van der Waals surface area contributed by atoms with Crippen molar-refractivity contribution < 1.29 is 5.02 Å². The van der Waals surface area contributed by atoms with Crippen LogP contribution in [0.1, 0.15) is 0 Å². The maximum Gasteiger partial charge on any atom is 0.320 e.